The van der Waals surface area contributed by atoms with Gasteiger partial charge in [0.15, 0.2) is 0 Å². The van der Waals surface area contributed by atoms with Crippen molar-refractivity contribution in [3.8, 4) is 0 Å². The molecule has 2 heterocycles. The van der Waals surface area contributed by atoms with Gasteiger partial charge in [0.25, 0.3) is 0 Å². The van der Waals surface area contributed by atoms with Crippen LogP contribution in [0.1, 0.15) is 38.3 Å². The second kappa shape index (κ2) is 4.09. The predicted octanol–water partition coefficient (Wildman–Crippen LogP) is 1.15. The van der Waals surface area contributed by atoms with Crippen molar-refractivity contribution in [1.82, 2.24) is 20.3 Å². The molecule has 0 amide bonds. The van der Waals surface area contributed by atoms with Crippen LogP contribution in [0.2, 0.25) is 0 Å². The SMILES string of the molecule is CC(C)c1cnnn1CC1CCCN1. The number of rotatable bonds is 3. The smallest absolute Gasteiger partial charge is 0.0727 e. The van der Waals surface area contributed by atoms with Crippen molar-refractivity contribution < 1.29 is 0 Å². The average molecular weight is 194 g/mol. The standard InChI is InChI=1S/C10H18N4/c1-8(2)10-6-12-13-14(10)7-9-4-3-5-11-9/h6,8-9,11H,3-5,7H2,1-2H3. The van der Waals surface area contributed by atoms with Crippen molar-refractivity contribution in [1.29, 1.82) is 0 Å². The topological polar surface area (TPSA) is 42.7 Å². The fraction of sp³-hybridized carbons (Fsp3) is 0.800. The van der Waals surface area contributed by atoms with Crippen molar-refractivity contribution in [2.45, 2.75) is 45.2 Å². The first-order chi connectivity index (χ1) is 6.77. The molecule has 14 heavy (non-hydrogen) atoms. The molecule has 0 bridgehead atoms. The second-order valence-electron chi connectivity index (χ2n) is 4.29. The molecule has 1 saturated heterocycles. The zero-order valence-electron chi connectivity index (χ0n) is 8.90. The summed E-state index contributed by atoms with van der Waals surface area (Å²) in [6, 6.07) is 0.592. The minimum Gasteiger partial charge on any atom is -0.312 e. The van der Waals surface area contributed by atoms with Crippen LogP contribution in [0.15, 0.2) is 6.20 Å². The summed E-state index contributed by atoms with van der Waals surface area (Å²) in [6.07, 6.45) is 4.42. The second-order valence-corrected chi connectivity index (χ2v) is 4.29. The zero-order chi connectivity index (χ0) is 9.97. The molecule has 1 atom stereocenters. The lowest BCUT2D eigenvalue weighted by atomic mass is 10.1. The van der Waals surface area contributed by atoms with E-state index in [1.54, 1.807) is 0 Å². The molecule has 1 unspecified atom stereocenters. The van der Waals surface area contributed by atoms with Gasteiger partial charge in [-0.1, -0.05) is 19.1 Å². The number of aromatic nitrogens is 3. The van der Waals surface area contributed by atoms with E-state index in [2.05, 4.69) is 29.5 Å². The molecule has 1 N–H and O–H groups in total. The Morgan fingerprint density at radius 3 is 3.14 bits per heavy atom. The van der Waals surface area contributed by atoms with Crippen LogP contribution >= 0.6 is 0 Å². The summed E-state index contributed by atoms with van der Waals surface area (Å²) in [5.74, 6) is 0.506. The predicted molar refractivity (Wildman–Crippen MR) is 55.1 cm³/mol. The van der Waals surface area contributed by atoms with Crippen LogP contribution < -0.4 is 5.32 Å². The van der Waals surface area contributed by atoms with Crippen molar-refractivity contribution in [3.63, 3.8) is 0 Å². The highest BCUT2D eigenvalue weighted by Gasteiger charge is 2.17. The molecule has 0 radical (unpaired) electrons. The molecule has 4 nitrogen and oxygen atoms in total. The summed E-state index contributed by atoms with van der Waals surface area (Å²) in [4.78, 5) is 0. The van der Waals surface area contributed by atoms with E-state index < -0.39 is 0 Å². The van der Waals surface area contributed by atoms with Crippen molar-refractivity contribution >= 4 is 0 Å². The van der Waals surface area contributed by atoms with Crippen molar-refractivity contribution in [2.24, 2.45) is 0 Å². The van der Waals surface area contributed by atoms with Gasteiger partial charge in [-0.3, -0.25) is 0 Å². The molecular weight excluding hydrogens is 176 g/mol. The molecule has 0 saturated carbocycles. The molecular formula is C10H18N4. The Morgan fingerprint density at radius 2 is 2.50 bits per heavy atom. The molecule has 0 aromatic carbocycles. The van der Waals surface area contributed by atoms with E-state index in [-0.39, 0.29) is 0 Å². The zero-order valence-corrected chi connectivity index (χ0v) is 8.90. The fourth-order valence-corrected chi connectivity index (χ4v) is 1.98. The Kier molecular flexibility index (Phi) is 2.82. The fourth-order valence-electron chi connectivity index (χ4n) is 1.98. The normalized spacial score (nSPS) is 22.1. The van der Waals surface area contributed by atoms with E-state index in [1.165, 1.54) is 18.5 Å². The van der Waals surface area contributed by atoms with Crippen LogP contribution in [0.25, 0.3) is 0 Å². The molecule has 0 spiro atoms. The highest BCUT2D eigenvalue weighted by Crippen LogP contribution is 2.14. The van der Waals surface area contributed by atoms with E-state index >= 15 is 0 Å². The van der Waals surface area contributed by atoms with Crippen LogP contribution in [-0.4, -0.2) is 27.6 Å². The first kappa shape index (κ1) is 9.65. The van der Waals surface area contributed by atoms with Gasteiger partial charge in [-0.2, -0.15) is 0 Å². The minimum atomic E-state index is 0.506. The van der Waals surface area contributed by atoms with Gasteiger partial charge in [0, 0.05) is 6.04 Å². The largest absolute Gasteiger partial charge is 0.312 e. The molecule has 1 aliphatic heterocycles. The Labute approximate surface area is 84.7 Å². The van der Waals surface area contributed by atoms with Gasteiger partial charge < -0.3 is 5.32 Å². The van der Waals surface area contributed by atoms with Gasteiger partial charge in [0.05, 0.1) is 18.4 Å². The maximum atomic E-state index is 4.13. The van der Waals surface area contributed by atoms with Crippen LogP contribution in [-0.2, 0) is 6.54 Å². The van der Waals surface area contributed by atoms with Gasteiger partial charge in [-0.25, -0.2) is 4.68 Å². The molecule has 1 aliphatic rings. The lowest BCUT2D eigenvalue weighted by Crippen LogP contribution is -2.28. The molecule has 2 rings (SSSR count). The van der Waals surface area contributed by atoms with E-state index in [0.717, 1.165) is 13.1 Å². The minimum absolute atomic E-state index is 0.506. The van der Waals surface area contributed by atoms with Crippen LogP contribution in [0, 0.1) is 0 Å². The molecule has 1 aromatic heterocycles. The van der Waals surface area contributed by atoms with Crippen molar-refractivity contribution in [3.05, 3.63) is 11.9 Å². The number of hydrogen-bond donors (Lipinski definition) is 1. The highest BCUT2D eigenvalue weighted by molar-refractivity contribution is 5.00. The van der Waals surface area contributed by atoms with E-state index in [4.69, 9.17) is 0 Å². The monoisotopic (exact) mass is 194 g/mol. The third-order valence-corrected chi connectivity index (χ3v) is 2.79. The summed E-state index contributed by atoms with van der Waals surface area (Å²) < 4.78 is 2.04. The first-order valence-electron chi connectivity index (χ1n) is 5.39. The Balaban J connectivity index is 2.04. The summed E-state index contributed by atoms with van der Waals surface area (Å²) in [6.45, 7) is 6.47. The first-order valence-corrected chi connectivity index (χ1v) is 5.39. The van der Waals surface area contributed by atoms with Gasteiger partial charge >= 0.3 is 0 Å². The van der Waals surface area contributed by atoms with E-state index in [1.807, 2.05) is 10.9 Å². The van der Waals surface area contributed by atoms with Gasteiger partial charge in [0.2, 0.25) is 0 Å². The number of nitrogens with one attached hydrogen (secondary N) is 1. The number of hydrogen-bond acceptors (Lipinski definition) is 3. The van der Waals surface area contributed by atoms with Gasteiger partial charge in [0.1, 0.15) is 0 Å². The summed E-state index contributed by atoms with van der Waals surface area (Å²) in [5, 5.41) is 11.6. The van der Waals surface area contributed by atoms with E-state index in [9.17, 15) is 0 Å². The summed E-state index contributed by atoms with van der Waals surface area (Å²) in [7, 11) is 0. The maximum Gasteiger partial charge on any atom is 0.0727 e. The van der Waals surface area contributed by atoms with E-state index in [0.29, 0.717) is 12.0 Å². The Bertz CT molecular complexity index is 286. The van der Waals surface area contributed by atoms with Gasteiger partial charge in [-0.15, -0.1) is 5.10 Å². The van der Waals surface area contributed by atoms with Crippen LogP contribution in [0.3, 0.4) is 0 Å². The third kappa shape index (κ3) is 1.95. The molecule has 0 aliphatic carbocycles. The Hall–Kier alpha value is -0.900. The summed E-state index contributed by atoms with van der Waals surface area (Å²) >= 11 is 0. The Morgan fingerprint density at radius 1 is 1.64 bits per heavy atom. The lowest BCUT2D eigenvalue weighted by molar-refractivity contribution is 0.449. The third-order valence-electron chi connectivity index (χ3n) is 2.79. The summed E-state index contributed by atoms with van der Waals surface area (Å²) in [5.41, 5.74) is 1.23. The van der Waals surface area contributed by atoms with Crippen LogP contribution in [0.5, 0.6) is 0 Å². The lowest BCUT2D eigenvalue weighted by Gasteiger charge is -2.13. The molecule has 1 aromatic rings. The molecule has 1 fully saturated rings. The highest BCUT2D eigenvalue weighted by atomic mass is 15.4. The number of nitrogens with zero attached hydrogens (tertiary/aromatic N) is 3. The quantitative estimate of drug-likeness (QED) is 0.785. The van der Waals surface area contributed by atoms with Gasteiger partial charge in [-0.05, 0) is 25.3 Å². The van der Waals surface area contributed by atoms with Crippen LogP contribution in [0.4, 0.5) is 0 Å². The maximum absolute atomic E-state index is 4.13. The molecule has 4 heteroatoms. The molecule has 78 valence electrons. The average Bonchev–Trinajstić information content (AvgIpc) is 2.75. The van der Waals surface area contributed by atoms with Crippen molar-refractivity contribution in [2.75, 3.05) is 6.54 Å².